The molecule has 0 aliphatic carbocycles. The third-order valence-corrected chi connectivity index (χ3v) is 11.9. The second kappa shape index (κ2) is 10.2. The lowest BCUT2D eigenvalue weighted by atomic mass is 10.0. The first-order valence-electron chi connectivity index (χ1n) is 16.1. The fourth-order valence-electron chi connectivity index (χ4n) is 7.45. The van der Waals surface area contributed by atoms with Crippen LogP contribution in [0.1, 0.15) is 0 Å². The molecule has 0 bridgehead atoms. The van der Waals surface area contributed by atoms with E-state index in [0.717, 1.165) is 43.4 Å². The topological polar surface area (TPSA) is 56.5 Å². The van der Waals surface area contributed by atoms with Crippen LogP contribution in [0, 0.1) is 0 Å². The van der Waals surface area contributed by atoms with E-state index >= 15 is 0 Å². The highest BCUT2D eigenvalue weighted by atomic mass is 32.1. The number of rotatable bonds is 3. The molecular formula is C42H23N5S2. The maximum atomic E-state index is 5.44. The van der Waals surface area contributed by atoms with Crippen LogP contribution >= 0.6 is 22.7 Å². The van der Waals surface area contributed by atoms with E-state index in [2.05, 4.69) is 131 Å². The van der Waals surface area contributed by atoms with E-state index in [4.69, 9.17) is 15.0 Å². The molecule has 0 atom stereocenters. The molecule has 0 saturated carbocycles. The standard InChI is InChI=1S/C42H23N5S2/c1-2-10-24(11-3-1)25-18-20-26(21-19-25)37-27-12-4-7-15-31(27)45-42(46-37)47-32-16-8-5-13-28(32)34-35-29-14-6-9-17-33(29)48-39(35)36-30-22-43-23-44-41(30)49-40(36)38(34)47/h1-23H. The summed E-state index contributed by atoms with van der Waals surface area (Å²) < 4.78 is 6.00. The summed E-state index contributed by atoms with van der Waals surface area (Å²) in [6, 6.07) is 44.9. The van der Waals surface area contributed by atoms with Crippen LogP contribution in [-0.4, -0.2) is 24.5 Å². The molecule has 0 aliphatic rings. The molecule has 6 aromatic carbocycles. The van der Waals surface area contributed by atoms with Gasteiger partial charge in [0.05, 0.1) is 26.9 Å². The van der Waals surface area contributed by atoms with E-state index in [0.29, 0.717) is 5.95 Å². The second-order valence-electron chi connectivity index (χ2n) is 12.3. The Kier molecular flexibility index (Phi) is 5.64. The lowest BCUT2D eigenvalue weighted by molar-refractivity contribution is 1.02. The first-order chi connectivity index (χ1) is 24.3. The Balaban J connectivity index is 1.29. The predicted octanol–water partition coefficient (Wildman–Crippen LogP) is 11.6. The number of hydrogen-bond acceptors (Lipinski definition) is 6. The van der Waals surface area contributed by atoms with Crippen LogP contribution < -0.4 is 0 Å². The van der Waals surface area contributed by atoms with E-state index in [1.54, 1.807) is 17.7 Å². The highest BCUT2D eigenvalue weighted by Crippen LogP contribution is 2.51. The average molecular weight is 662 g/mol. The summed E-state index contributed by atoms with van der Waals surface area (Å²) in [5, 5.41) is 8.23. The van der Waals surface area contributed by atoms with Crippen molar-refractivity contribution >= 4 is 95.9 Å². The molecule has 0 fully saturated rings. The molecule has 5 aromatic heterocycles. The second-order valence-corrected chi connectivity index (χ2v) is 14.3. The van der Waals surface area contributed by atoms with Crippen LogP contribution in [0.15, 0.2) is 140 Å². The van der Waals surface area contributed by atoms with Crippen molar-refractivity contribution in [1.82, 2.24) is 24.5 Å². The van der Waals surface area contributed by atoms with Crippen molar-refractivity contribution in [3.8, 4) is 28.3 Å². The molecule has 11 aromatic rings. The van der Waals surface area contributed by atoms with E-state index in [1.807, 2.05) is 23.6 Å². The van der Waals surface area contributed by atoms with Crippen molar-refractivity contribution in [3.05, 3.63) is 140 Å². The number of nitrogens with zero attached hydrogens (tertiary/aromatic N) is 5. The Hall–Kier alpha value is -6.02. The lowest BCUT2D eigenvalue weighted by Gasteiger charge is -2.12. The summed E-state index contributed by atoms with van der Waals surface area (Å²) in [6.45, 7) is 0. The molecule has 0 radical (unpaired) electrons. The quantitative estimate of drug-likeness (QED) is 0.189. The maximum absolute atomic E-state index is 5.44. The normalized spacial score (nSPS) is 12.1. The number of fused-ring (bicyclic) bond motifs is 13. The van der Waals surface area contributed by atoms with Gasteiger partial charge >= 0.3 is 0 Å². The van der Waals surface area contributed by atoms with Gasteiger partial charge in [0.15, 0.2) is 0 Å². The van der Waals surface area contributed by atoms with Crippen LogP contribution in [-0.2, 0) is 0 Å². The van der Waals surface area contributed by atoms with Crippen LogP contribution in [0.2, 0.25) is 0 Å². The molecule has 0 N–H and O–H groups in total. The number of aromatic nitrogens is 5. The highest BCUT2D eigenvalue weighted by molar-refractivity contribution is 7.30. The zero-order valence-electron chi connectivity index (χ0n) is 25.8. The number of thiophene rings is 2. The van der Waals surface area contributed by atoms with Gasteiger partial charge in [-0.3, -0.25) is 4.57 Å². The molecular weight excluding hydrogens is 639 g/mol. The van der Waals surface area contributed by atoms with Gasteiger partial charge in [-0.25, -0.2) is 19.9 Å². The Morgan fingerprint density at radius 1 is 0.510 bits per heavy atom. The van der Waals surface area contributed by atoms with Gasteiger partial charge in [-0.2, -0.15) is 0 Å². The summed E-state index contributed by atoms with van der Waals surface area (Å²) in [7, 11) is 0. The first kappa shape index (κ1) is 27.0. The van der Waals surface area contributed by atoms with Gasteiger partial charge in [0.2, 0.25) is 5.95 Å². The predicted molar refractivity (Wildman–Crippen MR) is 206 cm³/mol. The van der Waals surface area contributed by atoms with Crippen LogP contribution in [0.4, 0.5) is 0 Å². The Morgan fingerprint density at radius 3 is 2.10 bits per heavy atom. The minimum atomic E-state index is 0.649. The zero-order chi connectivity index (χ0) is 32.1. The molecule has 0 saturated heterocycles. The average Bonchev–Trinajstić information content (AvgIpc) is 3.85. The van der Waals surface area contributed by atoms with E-state index in [9.17, 15) is 0 Å². The fraction of sp³-hybridized carbons (Fsp3) is 0. The highest BCUT2D eigenvalue weighted by Gasteiger charge is 2.26. The van der Waals surface area contributed by atoms with Crippen LogP contribution in [0.25, 0.3) is 102 Å². The van der Waals surface area contributed by atoms with Crippen molar-refractivity contribution in [2.24, 2.45) is 0 Å². The number of para-hydroxylation sites is 2. The van der Waals surface area contributed by atoms with E-state index < -0.39 is 0 Å². The third kappa shape index (κ3) is 3.85. The van der Waals surface area contributed by atoms with Crippen molar-refractivity contribution < 1.29 is 0 Å². The Bertz CT molecular complexity index is 3100. The molecule has 7 heteroatoms. The zero-order valence-corrected chi connectivity index (χ0v) is 27.5. The van der Waals surface area contributed by atoms with Gasteiger partial charge in [0, 0.05) is 58.9 Å². The maximum Gasteiger partial charge on any atom is 0.235 e. The molecule has 5 heterocycles. The number of hydrogen-bond donors (Lipinski definition) is 0. The minimum Gasteiger partial charge on any atom is -0.276 e. The summed E-state index contributed by atoms with van der Waals surface area (Å²) in [5.74, 6) is 0.649. The molecule has 0 amide bonds. The fourth-order valence-corrected chi connectivity index (χ4v) is 9.96. The molecule has 0 spiro atoms. The van der Waals surface area contributed by atoms with Crippen molar-refractivity contribution in [2.45, 2.75) is 0 Å². The van der Waals surface area contributed by atoms with Gasteiger partial charge in [-0.1, -0.05) is 109 Å². The first-order valence-corrected chi connectivity index (χ1v) is 17.8. The van der Waals surface area contributed by atoms with E-state index in [-0.39, 0.29) is 0 Å². The van der Waals surface area contributed by atoms with Gasteiger partial charge < -0.3 is 0 Å². The largest absolute Gasteiger partial charge is 0.276 e. The van der Waals surface area contributed by atoms with Crippen LogP contribution in [0.3, 0.4) is 0 Å². The Labute approximate surface area is 287 Å². The number of benzene rings is 6. The third-order valence-electron chi connectivity index (χ3n) is 9.59. The molecule has 11 rings (SSSR count). The SMILES string of the molecule is c1ccc(-c2ccc(-c3nc(-n4c5ccccc5c5c6c7ccccc7sc6c6c7cncnc7sc6c54)nc4ccccc34)cc2)cc1. The minimum absolute atomic E-state index is 0.649. The van der Waals surface area contributed by atoms with Gasteiger partial charge in [0.1, 0.15) is 11.2 Å². The summed E-state index contributed by atoms with van der Waals surface area (Å²) >= 11 is 3.57. The van der Waals surface area contributed by atoms with Crippen molar-refractivity contribution in [3.63, 3.8) is 0 Å². The van der Waals surface area contributed by atoms with E-state index in [1.165, 1.54) is 52.2 Å². The molecule has 228 valence electrons. The Morgan fingerprint density at radius 2 is 1.22 bits per heavy atom. The van der Waals surface area contributed by atoms with Crippen molar-refractivity contribution in [2.75, 3.05) is 0 Å². The lowest BCUT2D eigenvalue weighted by Crippen LogP contribution is -2.03. The van der Waals surface area contributed by atoms with Crippen LogP contribution in [0.5, 0.6) is 0 Å². The van der Waals surface area contributed by atoms with Gasteiger partial charge in [-0.05, 0) is 29.3 Å². The van der Waals surface area contributed by atoms with Gasteiger partial charge in [-0.15, -0.1) is 22.7 Å². The monoisotopic (exact) mass is 661 g/mol. The summed E-state index contributed by atoms with van der Waals surface area (Å²) in [5.41, 5.74) is 7.41. The molecule has 0 aliphatic heterocycles. The molecule has 5 nitrogen and oxygen atoms in total. The van der Waals surface area contributed by atoms with Crippen molar-refractivity contribution in [1.29, 1.82) is 0 Å². The van der Waals surface area contributed by atoms with Gasteiger partial charge in [0.25, 0.3) is 0 Å². The molecule has 49 heavy (non-hydrogen) atoms. The smallest absolute Gasteiger partial charge is 0.235 e. The summed E-state index contributed by atoms with van der Waals surface area (Å²) in [6.07, 6.45) is 3.61. The summed E-state index contributed by atoms with van der Waals surface area (Å²) in [4.78, 5) is 20.9. The molecule has 0 unspecified atom stereocenters.